The summed E-state index contributed by atoms with van der Waals surface area (Å²) in [5.41, 5.74) is 2.40. The van der Waals surface area contributed by atoms with Crippen LogP contribution < -0.4 is 14.2 Å². The standard InChI is InChI=1S/C24H23ClO5/c1-15(26)12-17-21(30-14-16-8-5-4-6-9-16)13-18(25)24(29-3)22(17)23-19(27)10-7-11-20(23)28-2/h4-11,13,27H,12,14H2,1-3H3. The minimum absolute atomic E-state index is 0.0197. The fourth-order valence-corrected chi connectivity index (χ4v) is 3.61. The zero-order valence-electron chi connectivity index (χ0n) is 17.1. The van der Waals surface area contributed by atoms with Crippen molar-refractivity contribution in [2.24, 2.45) is 0 Å². The van der Waals surface area contributed by atoms with Gasteiger partial charge in [-0.15, -0.1) is 0 Å². The highest BCUT2D eigenvalue weighted by Crippen LogP contribution is 2.50. The number of rotatable bonds is 8. The van der Waals surface area contributed by atoms with Crippen LogP contribution in [0.3, 0.4) is 0 Å². The number of carbonyl (C=O) groups excluding carboxylic acids is 1. The van der Waals surface area contributed by atoms with Crippen molar-refractivity contribution in [3.8, 4) is 34.1 Å². The Morgan fingerprint density at radius 2 is 1.70 bits per heavy atom. The highest BCUT2D eigenvalue weighted by Gasteiger charge is 2.26. The molecule has 0 amide bonds. The lowest BCUT2D eigenvalue weighted by Crippen LogP contribution is -2.07. The van der Waals surface area contributed by atoms with E-state index in [9.17, 15) is 9.90 Å². The number of ketones is 1. The maximum absolute atomic E-state index is 12.1. The van der Waals surface area contributed by atoms with Gasteiger partial charge < -0.3 is 19.3 Å². The largest absolute Gasteiger partial charge is 0.507 e. The van der Waals surface area contributed by atoms with Crippen molar-refractivity contribution in [2.45, 2.75) is 20.0 Å². The molecule has 0 spiro atoms. The first-order valence-electron chi connectivity index (χ1n) is 9.38. The molecule has 0 aliphatic heterocycles. The fraction of sp³-hybridized carbons (Fsp3) is 0.208. The molecule has 0 aliphatic carbocycles. The van der Waals surface area contributed by atoms with Crippen LogP contribution in [0, 0.1) is 0 Å². The smallest absolute Gasteiger partial charge is 0.146 e. The SMILES string of the molecule is COc1cccc(O)c1-c1c(CC(C)=O)c(OCc2ccccc2)cc(Cl)c1OC. The fourth-order valence-electron chi connectivity index (χ4n) is 3.34. The number of Topliss-reactive ketones (excluding diaryl/α,β-unsaturated/α-hetero) is 1. The van der Waals surface area contributed by atoms with Gasteiger partial charge in [-0.05, 0) is 24.6 Å². The molecule has 156 valence electrons. The van der Waals surface area contributed by atoms with Crippen molar-refractivity contribution in [2.75, 3.05) is 14.2 Å². The van der Waals surface area contributed by atoms with Gasteiger partial charge in [0.1, 0.15) is 35.4 Å². The summed E-state index contributed by atoms with van der Waals surface area (Å²) in [5.74, 6) is 1.11. The van der Waals surface area contributed by atoms with Gasteiger partial charge in [0, 0.05) is 23.6 Å². The average molecular weight is 427 g/mol. The van der Waals surface area contributed by atoms with Crippen LogP contribution >= 0.6 is 11.6 Å². The maximum atomic E-state index is 12.1. The van der Waals surface area contributed by atoms with Crippen LogP contribution in [0.2, 0.25) is 5.02 Å². The number of benzene rings is 3. The number of ether oxygens (including phenoxy) is 3. The topological polar surface area (TPSA) is 65.0 Å². The number of hydrogen-bond acceptors (Lipinski definition) is 5. The molecule has 0 unspecified atom stereocenters. The number of halogens is 1. The Hall–Kier alpha value is -3.18. The lowest BCUT2D eigenvalue weighted by molar-refractivity contribution is -0.116. The predicted molar refractivity (Wildman–Crippen MR) is 117 cm³/mol. The van der Waals surface area contributed by atoms with E-state index in [1.165, 1.54) is 21.1 Å². The molecule has 0 aromatic heterocycles. The van der Waals surface area contributed by atoms with E-state index in [4.69, 9.17) is 25.8 Å². The Balaban J connectivity index is 2.23. The van der Waals surface area contributed by atoms with Crippen LogP contribution in [0.15, 0.2) is 54.6 Å². The van der Waals surface area contributed by atoms with Crippen LogP contribution in [-0.2, 0) is 17.8 Å². The summed E-state index contributed by atoms with van der Waals surface area (Å²) in [6.07, 6.45) is 0.0739. The minimum Gasteiger partial charge on any atom is -0.507 e. The van der Waals surface area contributed by atoms with Gasteiger partial charge in [0.05, 0.1) is 24.8 Å². The molecular weight excluding hydrogens is 404 g/mol. The number of aromatic hydroxyl groups is 1. The minimum atomic E-state index is -0.0698. The second-order valence-corrected chi connectivity index (χ2v) is 7.16. The first kappa shape index (κ1) is 21.5. The normalized spacial score (nSPS) is 10.5. The summed E-state index contributed by atoms with van der Waals surface area (Å²) in [5, 5.41) is 10.9. The molecule has 0 saturated carbocycles. The van der Waals surface area contributed by atoms with E-state index < -0.39 is 0 Å². The van der Waals surface area contributed by atoms with Gasteiger partial charge in [-0.3, -0.25) is 4.79 Å². The quantitative estimate of drug-likeness (QED) is 0.519. The van der Waals surface area contributed by atoms with Gasteiger partial charge in [0.2, 0.25) is 0 Å². The molecule has 0 saturated heterocycles. The summed E-state index contributed by atoms with van der Waals surface area (Å²) >= 11 is 6.51. The van der Waals surface area contributed by atoms with Crippen LogP contribution in [0.4, 0.5) is 0 Å². The molecule has 1 N–H and O–H groups in total. The molecule has 30 heavy (non-hydrogen) atoms. The lowest BCUT2D eigenvalue weighted by Gasteiger charge is -2.21. The summed E-state index contributed by atoms with van der Waals surface area (Å²) < 4.78 is 17.1. The molecule has 3 rings (SSSR count). The van der Waals surface area contributed by atoms with E-state index in [0.717, 1.165) is 5.56 Å². The van der Waals surface area contributed by atoms with Crippen LogP contribution in [0.25, 0.3) is 11.1 Å². The molecule has 0 heterocycles. The Bertz CT molecular complexity index is 1050. The zero-order valence-corrected chi connectivity index (χ0v) is 17.8. The Kier molecular flexibility index (Phi) is 6.85. The van der Waals surface area contributed by atoms with Gasteiger partial charge in [0.25, 0.3) is 0 Å². The molecule has 3 aromatic carbocycles. The molecule has 0 aliphatic rings. The van der Waals surface area contributed by atoms with Crippen molar-refractivity contribution in [3.63, 3.8) is 0 Å². The van der Waals surface area contributed by atoms with Gasteiger partial charge >= 0.3 is 0 Å². The third kappa shape index (κ3) is 4.52. The Morgan fingerprint density at radius 3 is 2.33 bits per heavy atom. The molecule has 6 heteroatoms. The monoisotopic (exact) mass is 426 g/mol. The maximum Gasteiger partial charge on any atom is 0.146 e. The molecule has 0 radical (unpaired) electrons. The van der Waals surface area contributed by atoms with Crippen molar-refractivity contribution < 1.29 is 24.1 Å². The van der Waals surface area contributed by atoms with Crippen molar-refractivity contribution in [3.05, 3.63) is 70.7 Å². The highest BCUT2D eigenvalue weighted by molar-refractivity contribution is 6.33. The summed E-state index contributed by atoms with van der Waals surface area (Å²) in [6.45, 7) is 1.79. The van der Waals surface area contributed by atoms with Crippen LogP contribution in [0.5, 0.6) is 23.0 Å². The third-order valence-electron chi connectivity index (χ3n) is 4.64. The molecule has 3 aromatic rings. The van der Waals surface area contributed by atoms with Gasteiger partial charge in [-0.25, -0.2) is 0 Å². The first-order valence-corrected chi connectivity index (χ1v) is 9.75. The second kappa shape index (κ2) is 9.55. The van der Waals surface area contributed by atoms with Gasteiger partial charge in [-0.2, -0.15) is 0 Å². The molecule has 0 bridgehead atoms. The number of hydrogen-bond donors (Lipinski definition) is 1. The lowest BCUT2D eigenvalue weighted by atomic mass is 9.93. The van der Waals surface area contributed by atoms with E-state index in [2.05, 4.69) is 0 Å². The van der Waals surface area contributed by atoms with Gasteiger partial charge in [-0.1, -0.05) is 48.0 Å². The van der Waals surface area contributed by atoms with Crippen LogP contribution in [0.1, 0.15) is 18.1 Å². The molecular formula is C24H23ClO5. The van der Waals surface area contributed by atoms with Gasteiger partial charge in [0.15, 0.2) is 0 Å². The average Bonchev–Trinajstić information content (AvgIpc) is 2.73. The number of phenolic OH excluding ortho intramolecular Hbond substituents is 1. The second-order valence-electron chi connectivity index (χ2n) is 6.75. The van der Waals surface area contributed by atoms with E-state index in [0.29, 0.717) is 45.6 Å². The van der Waals surface area contributed by atoms with E-state index >= 15 is 0 Å². The molecule has 5 nitrogen and oxygen atoms in total. The van der Waals surface area contributed by atoms with E-state index in [1.54, 1.807) is 24.3 Å². The highest BCUT2D eigenvalue weighted by atomic mass is 35.5. The van der Waals surface area contributed by atoms with Crippen molar-refractivity contribution >= 4 is 17.4 Å². The number of carbonyl (C=O) groups is 1. The third-order valence-corrected chi connectivity index (χ3v) is 4.92. The summed E-state index contributed by atoms with van der Waals surface area (Å²) in [4.78, 5) is 12.1. The van der Waals surface area contributed by atoms with Crippen molar-refractivity contribution in [1.29, 1.82) is 0 Å². The Labute approximate surface area is 180 Å². The Morgan fingerprint density at radius 1 is 0.967 bits per heavy atom. The van der Waals surface area contributed by atoms with Crippen LogP contribution in [-0.4, -0.2) is 25.1 Å². The first-order chi connectivity index (χ1) is 14.5. The molecule has 0 fully saturated rings. The van der Waals surface area contributed by atoms with Crippen molar-refractivity contribution in [1.82, 2.24) is 0 Å². The van der Waals surface area contributed by atoms with E-state index in [1.807, 2.05) is 30.3 Å². The number of methoxy groups -OCH3 is 2. The van der Waals surface area contributed by atoms with E-state index in [-0.39, 0.29) is 18.0 Å². The number of phenols is 1. The molecule has 0 atom stereocenters. The summed E-state index contributed by atoms with van der Waals surface area (Å²) in [7, 11) is 2.99. The zero-order chi connectivity index (χ0) is 21.7. The predicted octanol–water partition coefficient (Wildman–Crippen LogP) is 5.44. The summed E-state index contributed by atoms with van der Waals surface area (Å²) in [6, 6.07) is 16.2.